The Bertz CT molecular complexity index is 770. The van der Waals surface area contributed by atoms with E-state index in [1.165, 1.54) is 0 Å². The van der Waals surface area contributed by atoms with Crippen molar-refractivity contribution >= 4 is 33.5 Å². The van der Waals surface area contributed by atoms with E-state index in [1.54, 1.807) is 18.7 Å². The Hall–Kier alpha value is -1.77. The van der Waals surface area contributed by atoms with Crippen LogP contribution >= 0.6 is 27.7 Å². The van der Waals surface area contributed by atoms with E-state index in [1.807, 2.05) is 50.3 Å². The number of hydrogen-bond donors (Lipinski definition) is 1. The molecule has 1 N–H and O–H groups in total. The Kier molecular flexibility index (Phi) is 6.47. The van der Waals surface area contributed by atoms with E-state index < -0.39 is 0 Å². The molecule has 0 radical (unpaired) electrons. The summed E-state index contributed by atoms with van der Waals surface area (Å²) >= 11 is 5.01. The highest BCUT2D eigenvalue weighted by Crippen LogP contribution is 2.41. The molecule has 2 rings (SSSR count). The lowest BCUT2D eigenvalue weighted by atomic mass is 9.81. The van der Waals surface area contributed by atoms with Crippen molar-refractivity contribution in [2.24, 2.45) is 0 Å². The number of nitrogens with one attached hydrogen (secondary N) is 1. The maximum Gasteiger partial charge on any atom is 0.158 e. The molecule has 0 fully saturated rings. The van der Waals surface area contributed by atoms with Gasteiger partial charge in [0.15, 0.2) is 5.78 Å². The molecule has 24 heavy (non-hydrogen) atoms. The molecule has 0 aromatic heterocycles. The minimum atomic E-state index is -0.324. The van der Waals surface area contributed by atoms with Gasteiger partial charge in [-0.1, -0.05) is 40.2 Å². The quantitative estimate of drug-likeness (QED) is 0.700. The fourth-order valence-corrected chi connectivity index (χ4v) is 3.97. The number of rotatable bonds is 5. The van der Waals surface area contributed by atoms with E-state index in [4.69, 9.17) is 0 Å². The number of ketones is 1. The number of allylic oxidation sites excluding steroid dienone is 4. The molecule has 1 aliphatic heterocycles. The van der Waals surface area contributed by atoms with Crippen LogP contribution in [0.15, 0.2) is 62.8 Å². The molecule has 1 atom stereocenters. The maximum atomic E-state index is 12.2. The standard InChI is InChI=1S/C19H19BrN2OS/c1-4-5-10-24-19-16(11-21)18(14-6-8-15(20)9-7-14)17(13(3)23)12(2)22-19/h4-9,18,22H,10H2,1-3H3. The van der Waals surface area contributed by atoms with Crippen molar-refractivity contribution in [3.8, 4) is 6.07 Å². The Balaban J connectivity index is 2.55. The minimum Gasteiger partial charge on any atom is -0.353 e. The van der Waals surface area contributed by atoms with Crippen LogP contribution in [0.2, 0.25) is 0 Å². The molecular formula is C19H19BrN2OS. The lowest BCUT2D eigenvalue weighted by Gasteiger charge is -2.29. The topological polar surface area (TPSA) is 52.9 Å². The van der Waals surface area contributed by atoms with Crippen LogP contribution in [0, 0.1) is 11.3 Å². The third-order valence-corrected chi connectivity index (χ3v) is 5.29. The monoisotopic (exact) mass is 402 g/mol. The third-order valence-electron chi connectivity index (χ3n) is 3.79. The summed E-state index contributed by atoms with van der Waals surface area (Å²) in [6.45, 7) is 5.42. The van der Waals surface area contributed by atoms with Crippen molar-refractivity contribution in [3.63, 3.8) is 0 Å². The number of carbonyl (C=O) groups is 1. The summed E-state index contributed by atoms with van der Waals surface area (Å²) in [4.78, 5) is 12.2. The first-order valence-electron chi connectivity index (χ1n) is 7.62. The molecule has 5 heteroatoms. The number of hydrogen-bond acceptors (Lipinski definition) is 4. The highest BCUT2D eigenvalue weighted by Gasteiger charge is 2.32. The summed E-state index contributed by atoms with van der Waals surface area (Å²) in [5, 5.41) is 13.8. The van der Waals surface area contributed by atoms with Gasteiger partial charge in [0, 0.05) is 21.5 Å². The number of halogens is 1. The second-order valence-corrected chi connectivity index (χ2v) is 7.39. The van der Waals surface area contributed by atoms with Crippen LogP contribution in [0.4, 0.5) is 0 Å². The first-order chi connectivity index (χ1) is 11.5. The molecule has 0 amide bonds. The lowest BCUT2D eigenvalue weighted by Crippen LogP contribution is -2.27. The Labute approximate surface area is 155 Å². The highest BCUT2D eigenvalue weighted by molar-refractivity contribution is 9.10. The van der Waals surface area contributed by atoms with E-state index in [0.717, 1.165) is 26.5 Å². The normalized spacial score (nSPS) is 17.9. The number of thioether (sulfide) groups is 1. The molecule has 0 saturated heterocycles. The molecule has 0 aliphatic carbocycles. The molecule has 0 saturated carbocycles. The molecule has 0 bridgehead atoms. The third kappa shape index (κ3) is 4.00. The lowest BCUT2D eigenvalue weighted by molar-refractivity contribution is -0.113. The van der Waals surface area contributed by atoms with Gasteiger partial charge in [-0.05, 0) is 38.5 Å². The molecule has 1 aromatic carbocycles. The fourth-order valence-electron chi connectivity index (χ4n) is 2.71. The van der Waals surface area contributed by atoms with Gasteiger partial charge in [-0.3, -0.25) is 4.79 Å². The number of carbonyl (C=O) groups excluding carboxylic acids is 1. The minimum absolute atomic E-state index is 0.0156. The summed E-state index contributed by atoms with van der Waals surface area (Å²) in [5.74, 6) is 0.438. The van der Waals surface area contributed by atoms with E-state index in [0.29, 0.717) is 11.1 Å². The predicted octanol–water partition coefficient (Wildman–Crippen LogP) is 5.04. The van der Waals surface area contributed by atoms with E-state index in [9.17, 15) is 10.1 Å². The molecule has 1 unspecified atom stereocenters. The fraction of sp³-hybridized carbons (Fsp3) is 0.263. The average Bonchev–Trinajstić information content (AvgIpc) is 2.55. The molecule has 124 valence electrons. The first-order valence-corrected chi connectivity index (χ1v) is 9.39. The van der Waals surface area contributed by atoms with Crippen LogP contribution in [-0.2, 0) is 4.79 Å². The molecule has 0 spiro atoms. The summed E-state index contributed by atoms with van der Waals surface area (Å²) in [5.41, 5.74) is 3.02. The van der Waals surface area contributed by atoms with Gasteiger partial charge in [0.2, 0.25) is 0 Å². The van der Waals surface area contributed by atoms with Crippen molar-refractivity contribution in [3.05, 3.63) is 68.3 Å². The predicted molar refractivity (Wildman–Crippen MR) is 103 cm³/mol. The van der Waals surface area contributed by atoms with Gasteiger partial charge < -0.3 is 5.32 Å². The van der Waals surface area contributed by atoms with Crippen LogP contribution in [-0.4, -0.2) is 11.5 Å². The maximum absolute atomic E-state index is 12.2. The Morgan fingerprint density at radius 2 is 2.08 bits per heavy atom. The van der Waals surface area contributed by atoms with Gasteiger partial charge in [0.05, 0.1) is 22.6 Å². The van der Waals surface area contributed by atoms with Gasteiger partial charge in [0.25, 0.3) is 0 Å². The molecule has 3 nitrogen and oxygen atoms in total. The molecule has 1 aromatic rings. The molecule has 1 aliphatic rings. The molecule has 1 heterocycles. The largest absolute Gasteiger partial charge is 0.353 e. The zero-order chi connectivity index (χ0) is 17.7. The average molecular weight is 403 g/mol. The van der Waals surface area contributed by atoms with E-state index in [-0.39, 0.29) is 11.7 Å². The summed E-state index contributed by atoms with van der Waals surface area (Å²) < 4.78 is 0.968. The first kappa shape index (κ1) is 18.6. The van der Waals surface area contributed by atoms with Gasteiger partial charge in [-0.2, -0.15) is 5.26 Å². The van der Waals surface area contributed by atoms with Gasteiger partial charge in [0.1, 0.15) is 0 Å². The summed E-state index contributed by atoms with van der Waals surface area (Å²) in [6.07, 6.45) is 4.03. The van der Waals surface area contributed by atoms with E-state index >= 15 is 0 Å². The van der Waals surface area contributed by atoms with Gasteiger partial charge >= 0.3 is 0 Å². The van der Waals surface area contributed by atoms with Crippen LogP contribution in [0.5, 0.6) is 0 Å². The zero-order valence-corrected chi connectivity index (χ0v) is 16.3. The van der Waals surface area contributed by atoms with Crippen molar-refractivity contribution in [1.29, 1.82) is 5.26 Å². The SMILES string of the molecule is CC=CCSC1=C(C#N)C(c2ccc(Br)cc2)C(C(C)=O)=C(C)N1. The zero-order valence-electron chi connectivity index (χ0n) is 13.9. The number of nitrogens with zero attached hydrogens (tertiary/aromatic N) is 1. The van der Waals surface area contributed by atoms with Crippen molar-refractivity contribution in [2.45, 2.75) is 26.7 Å². The number of Topliss-reactive ketones (excluding diaryl/α,β-unsaturated/α-hetero) is 1. The van der Waals surface area contributed by atoms with Crippen LogP contribution in [0.25, 0.3) is 0 Å². The summed E-state index contributed by atoms with van der Waals surface area (Å²) in [6, 6.07) is 10.1. The second-order valence-electron chi connectivity index (χ2n) is 5.44. The molecular weight excluding hydrogens is 384 g/mol. The van der Waals surface area contributed by atoms with Crippen molar-refractivity contribution in [1.82, 2.24) is 5.32 Å². The number of benzene rings is 1. The van der Waals surface area contributed by atoms with Crippen LogP contribution in [0.3, 0.4) is 0 Å². The number of nitriles is 1. The van der Waals surface area contributed by atoms with Gasteiger partial charge in [-0.15, -0.1) is 11.8 Å². The van der Waals surface area contributed by atoms with Crippen LogP contribution in [0.1, 0.15) is 32.3 Å². The Morgan fingerprint density at radius 3 is 2.62 bits per heavy atom. The smallest absolute Gasteiger partial charge is 0.158 e. The van der Waals surface area contributed by atoms with Gasteiger partial charge in [-0.25, -0.2) is 0 Å². The van der Waals surface area contributed by atoms with E-state index in [2.05, 4.69) is 27.3 Å². The highest BCUT2D eigenvalue weighted by atomic mass is 79.9. The second kappa shape index (κ2) is 8.36. The summed E-state index contributed by atoms with van der Waals surface area (Å²) in [7, 11) is 0. The Morgan fingerprint density at radius 1 is 1.42 bits per heavy atom. The van der Waals surface area contributed by atoms with Crippen LogP contribution < -0.4 is 5.32 Å². The van der Waals surface area contributed by atoms with Crippen molar-refractivity contribution in [2.75, 3.05) is 5.75 Å². The van der Waals surface area contributed by atoms with Crippen molar-refractivity contribution < 1.29 is 4.79 Å². The number of dihydropyridines is 1.